The Labute approximate surface area is 207 Å². The third kappa shape index (κ3) is 3.46. The van der Waals surface area contributed by atoms with E-state index in [0.717, 1.165) is 0 Å². The van der Waals surface area contributed by atoms with Gasteiger partial charge in [0.25, 0.3) is 5.91 Å². The summed E-state index contributed by atoms with van der Waals surface area (Å²) in [7, 11) is 6.56. The van der Waals surface area contributed by atoms with Gasteiger partial charge in [0.15, 0.2) is 17.2 Å². The predicted octanol–water partition coefficient (Wildman–Crippen LogP) is -0.135. The van der Waals surface area contributed by atoms with Crippen LogP contribution in [0.2, 0.25) is 0 Å². The fourth-order valence-corrected chi connectivity index (χ4v) is 5.88. The number of primary amides is 1. The molecule has 0 bridgehead atoms. The molecule has 36 heavy (non-hydrogen) atoms. The van der Waals surface area contributed by atoms with E-state index in [9.17, 15) is 39.6 Å². The lowest BCUT2D eigenvalue weighted by Gasteiger charge is -2.50. The Hall–Kier alpha value is -3.54. The molecular weight excluding hydrogens is 470 g/mol. The van der Waals surface area contributed by atoms with Gasteiger partial charge in [-0.3, -0.25) is 24.1 Å². The minimum Gasteiger partial charge on any atom is -0.510 e. The maximum atomic E-state index is 13.6. The summed E-state index contributed by atoms with van der Waals surface area (Å²) in [5, 5.41) is 44.1. The molecule has 6 N–H and O–H groups in total. The first-order valence-electron chi connectivity index (χ1n) is 11.4. The summed E-state index contributed by atoms with van der Waals surface area (Å²) in [4.78, 5) is 55.0. The van der Waals surface area contributed by atoms with E-state index in [-0.39, 0.29) is 41.9 Å². The molecule has 3 aliphatic carbocycles. The maximum Gasteiger partial charge on any atom is 0.255 e. The van der Waals surface area contributed by atoms with Gasteiger partial charge in [-0.05, 0) is 64.6 Å². The van der Waals surface area contributed by atoms with Crippen molar-refractivity contribution in [2.24, 2.45) is 17.6 Å². The van der Waals surface area contributed by atoms with Gasteiger partial charge in [0.05, 0.1) is 18.2 Å². The number of ketones is 3. The van der Waals surface area contributed by atoms with Gasteiger partial charge in [0.1, 0.15) is 22.8 Å². The molecule has 0 spiro atoms. The molecule has 11 heteroatoms. The van der Waals surface area contributed by atoms with Gasteiger partial charge in [-0.1, -0.05) is 0 Å². The SMILES string of the molecule is CN(C)CC(=O)c1ccc(O)c2c1C[C@H]1C[C@H]3[C@H](N(C)C)C(O)=C(C(N)=O)C(=O)[C@@]3(O)C(O)=C1C2=O. The highest BCUT2D eigenvalue weighted by Gasteiger charge is 2.63. The number of amides is 1. The van der Waals surface area contributed by atoms with Gasteiger partial charge < -0.3 is 31.1 Å². The first-order chi connectivity index (χ1) is 16.7. The Bertz CT molecular complexity index is 1280. The number of carbonyl (C=O) groups is 4. The van der Waals surface area contributed by atoms with Crippen molar-refractivity contribution in [2.75, 3.05) is 34.7 Å². The van der Waals surface area contributed by atoms with Crippen LogP contribution in [0.4, 0.5) is 0 Å². The normalized spacial score (nSPS) is 27.8. The lowest BCUT2D eigenvalue weighted by Crippen LogP contribution is -2.63. The second-order valence-corrected chi connectivity index (χ2v) is 10.1. The molecule has 4 atom stereocenters. The quantitative estimate of drug-likeness (QED) is 0.270. The Morgan fingerprint density at radius 3 is 2.31 bits per heavy atom. The van der Waals surface area contributed by atoms with Crippen molar-refractivity contribution in [3.63, 3.8) is 0 Å². The highest BCUT2D eigenvalue weighted by molar-refractivity contribution is 6.25. The van der Waals surface area contributed by atoms with Crippen molar-refractivity contribution in [3.05, 3.63) is 51.5 Å². The number of hydrogen-bond donors (Lipinski definition) is 5. The minimum absolute atomic E-state index is 0.0390. The van der Waals surface area contributed by atoms with Crippen LogP contribution in [-0.2, 0) is 16.0 Å². The number of allylic oxidation sites excluding steroid dienone is 1. The van der Waals surface area contributed by atoms with E-state index in [1.807, 2.05) is 0 Å². The molecule has 0 aromatic heterocycles. The van der Waals surface area contributed by atoms with Crippen LogP contribution in [0.15, 0.2) is 34.8 Å². The number of aliphatic hydroxyl groups excluding tert-OH is 2. The molecule has 1 amide bonds. The number of nitrogens with zero attached hydrogens (tertiary/aromatic N) is 2. The average Bonchev–Trinajstić information content (AvgIpc) is 2.75. The van der Waals surface area contributed by atoms with Gasteiger partial charge in [-0.25, -0.2) is 0 Å². The molecule has 0 saturated carbocycles. The van der Waals surface area contributed by atoms with Gasteiger partial charge in [0, 0.05) is 17.1 Å². The minimum atomic E-state index is -2.70. The first kappa shape index (κ1) is 25.5. The van der Waals surface area contributed by atoms with E-state index >= 15 is 0 Å². The Morgan fingerprint density at radius 1 is 1.11 bits per heavy atom. The number of fused-ring (bicyclic) bond motifs is 3. The summed E-state index contributed by atoms with van der Waals surface area (Å²) in [6.45, 7) is 0.0676. The lowest BCUT2D eigenvalue weighted by atomic mass is 9.58. The number of aromatic hydroxyl groups is 1. The molecule has 0 saturated heterocycles. The van der Waals surface area contributed by atoms with Gasteiger partial charge in [0.2, 0.25) is 5.78 Å². The van der Waals surface area contributed by atoms with Crippen LogP contribution in [0.5, 0.6) is 5.75 Å². The molecule has 1 aromatic carbocycles. The zero-order valence-electron chi connectivity index (χ0n) is 20.4. The molecule has 192 valence electrons. The fraction of sp³-hybridized carbons (Fsp3) is 0.440. The Morgan fingerprint density at radius 2 is 1.75 bits per heavy atom. The van der Waals surface area contributed by atoms with E-state index in [1.165, 1.54) is 17.0 Å². The van der Waals surface area contributed by atoms with Crippen LogP contribution in [0.3, 0.4) is 0 Å². The summed E-state index contributed by atoms with van der Waals surface area (Å²) in [6.07, 6.45) is 0.0279. The number of nitrogens with two attached hydrogens (primary N) is 1. The molecular formula is C25H29N3O8. The summed E-state index contributed by atoms with van der Waals surface area (Å²) < 4.78 is 0. The summed E-state index contributed by atoms with van der Waals surface area (Å²) in [6, 6.07) is 1.59. The number of phenolic OH excluding ortho intramolecular Hbond substituents is 1. The monoisotopic (exact) mass is 499 g/mol. The van der Waals surface area contributed by atoms with Crippen molar-refractivity contribution in [1.82, 2.24) is 9.80 Å². The highest BCUT2D eigenvalue weighted by atomic mass is 16.3. The summed E-state index contributed by atoms with van der Waals surface area (Å²) >= 11 is 0. The first-order valence-corrected chi connectivity index (χ1v) is 11.4. The van der Waals surface area contributed by atoms with E-state index in [4.69, 9.17) is 5.73 Å². The number of phenols is 1. The third-order valence-corrected chi connectivity index (χ3v) is 7.37. The van der Waals surface area contributed by atoms with Crippen LogP contribution < -0.4 is 5.73 Å². The average molecular weight is 500 g/mol. The van der Waals surface area contributed by atoms with Crippen LogP contribution in [0, 0.1) is 11.8 Å². The number of hydrogen-bond acceptors (Lipinski definition) is 10. The molecule has 0 aliphatic heterocycles. The molecule has 1 aromatic rings. The van der Waals surface area contributed by atoms with Gasteiger partial charge >= 0.3 is 0 Å². The molecule has 0 radical (unpaired) electrons. The van der Waals surface area contributed by atoms with Crippen molar-refractivity contribution >= 4 is 23.3 Å². The predicted molar refractivity (Wildman–Crippen MR) is 127 cm³/mol. The molecule has 0 unspecified atom stereocenters. The second kappa shape index (κ2) is 8.54. The highest BCUT2D eigenvalue weighted by Crippen LogP contribution is 2.52. The van der Waals surface area contributed by atoms with Crippen LogP contribution in [0.1, 0.15) is 32.7 Å². The molecule has 0 fully saturated rings. The van der Waals surface area contributed by atoms with E-state index < -0.39 is 63.8 Å². The number of carbonyl (C=O) groups excluding carboxylic acids is 4. The second-order valence-electron chi connectivity index (χ2n) is 10.1. The zero-order chi connectivity index (χ0) is 26.9. The Kier molecular flexibility index (Phi) is 6.06. The van der Waals surface area contributed by atoms with Crippen LogP contribution >= 0.6 is 0 Å². The number of likely N-dealkylation sites (N-methyl/N-ethyl adjacent to an activating group) is 2. The van der Waals surface area contributed by atoms with E-state index in [0.29, 0.717) is 5.56 Å². The maximum absolute atomic E-state index is 13.6. The number of benzene rings is 1. The molecule has 4 rings (SSSR count). The smallest absolute Gasteiger partial charge is 0.255 e. The van der Waals surface area contributed by atoms with Crippen LogP contribution in [0.25, 0.3) is 0 Å². The van der Waals surface area contributed by atoms with Crippen molar-refractivity contribution in [1.29, 1.82) is 0 Å². The van der Waals surface area contributed by atoms with Gasteiger partial charge in [-0.15, -0.1) is 0 Å². The van der Waals surface area contributed by atoms with Crippen molar-refractivity contribution in [2.45, 2.75) is 24.5 Å². The van der Waals surface area contributed by atoms with Crippen molar-refractivity contribution < 1.29 is 39.6 Å². The number of rotatable bonds is 5. The van der Waals surface area contributed by atoms with Crippen LogP contribution in [-0.4, -0.2) is 99.9 Å². The van der Waals surface area contributed by atoms with E-state index in [2.05, 4.69) is 0 Å². The van der Waals surface area contributed by atoms with Crippen molar-refractivity contribution in [3.8, 4) is 5.75 Å². The number of aliphatic hydroxyl groups is 3. The largest absolute Gasteiger partial charge is 0.510 e. The Balaban J connectivity index is 1.93. The molecule has 3 aliphatic rings. The molecule has 0 heterocycles. The third-order valence-electron chi connectivity index (χ3n) is 7.37. The fourth-order valence-electron chi connectivity index (χ4n) is 5.88. The zero-order valence-corrected chi connectivity index (χ0v) is 20.4. The lowest BCUT2D eigenvalue weighted by molar-refractivity contribution is -0.148. The summed E-state index contributed by atoms with van der Waals surface area (Å²) in [5.41, 5.74) is 1.90. The van der Waals surface area contributed by atoms with Gasteiger partial charge in [-0.2, -0.15) is 0 Å². The van der Waals surface area contributed by atoms with E-state index in [1.54, 1.807) is 33.1 Å². The topological polar surface area (TPSA) is 182 Å². The standard InChI is InChI=1S/C25H29N3O8/c1-27(2)9-15(30)11-5-6-14(29)17-12(11)7-10-8-13-19(28(3)4)21(32)18(24(26)35)23(34)25(13,36)22(33)16(10)20(17)31/h5-6,10,13,19,29,32-33,36H,7-9H2,1-4H3,(H2,26,35)/t10-,13-,19-,25-/m0/s1. The summed E-state index contributed by atoms with van der Waals surface area (Å²) in [5.74, 6) is -7.49. The molecule has 11 nitrogen and oxygen atoms in total. The number of Topliss-reactive ketones (excluding diaryl/α,β-unsaturated/α-hetero) is 3.